The van der Waals surface area contributed by atoms with E-state index in [9.17, 15) is 12.8 Å². The van der Waals surface area contributed by atoms with Crippen LogP contribution >= 0.6 is 0 Å². The molecule has 5 heteroatoms. The maximum atomic E-state index is 13.5. The van der Waals surface area contributed by atoms with Crippen LogP contribution in [0.25, 0.3) is 0 Å². The highest BCUT2D eigenvalue weighted by Gasteiger charge is 2.23. The van der Waals surface area contributed by atoms with Crippen molar-refractivity contribution in [3.63, 3.8) is 0 Å². The van der Waals surface area contributed by atoms with E-state index in [2.05, 4.69) is 4.72 Å². The molecule has 0 heterocycles. The maximum absolute atomic E-state index is 13.5. The van der Waals surface area contributed by atoms with Crippen LogP contribution in [0, 0.1) is 12.7 Å². The second-order valence-electron chi connectivity index (χ2n) is 5.79. The molecule has 0 unspecified atom stereocenters. The average Bonchev–Trinajstić information content (AvgIpc) is 2.63. The molecule has 0 spiro atoms. The van der Waals surface area contributed by atoms with Crippen LogP contribution in [0.3, 0.4) is 0 Å². The van der Waals surface area contributed by atoms with Crippen LogP contribution in [0.1, 0.15) is 22.7 Å². The van der Waals surface area contributed by atoms with Crippen molar-refractivity contribution in [2.45, 2.75) is 17.9 Å². The summed E-state index contributed by atoms with van der Waals surface area (Å²) in [6.45, 7) is 1.54. The van der Waals surface area contributed by atoms with Gasteiger partial charge in [0.05, 0.1) is 10.9 Å². The number of rotatable bonds is 5. The molecule has 25 heavy (non-hydrogen) atoms. The average molecular weight is 355 g/mol. The lowest BCUT2D eigenvalue weighted by Gasteiger charge is -2.20. The summed E-state index contributed by atoms with van der Waals surface area (Å²) in [5, 5.41) is 0. The van der Waals surface area contributed by atoms with E-state index in [1.54, 1.807) is 6.92 Å². The SMILES string of the molecule is Cc1cc(S(=O)(=O)NC(c2ccccc2)c2ccccc2)ccc1F. The fourth-order valence-electron chi connectivity index (χ4n) is 2.63. The number of halogens is 1. The molecular formula is C20H18FNO2S. The van der Waals surface area contributed by atoms with Gasteiger partial charge in [-0.2, -0.15) is 4.72 Å². The van der Waals surface area contributed by atoms with E-state index in [4.69, 9.17) is 0 Å². The van der Waals surface area contributed by atoms with Gasteiger partial charge < -0.3 is 0 Å². The van der Waals surface area contributed by atoms with Gasteiger partial charge in [-0.05, 0) is 41.8 Å². The molecule has 0 saturated carbocycles. The zero-order valence-corrected chi connectivity index (χ0v) is 14.5. The highest BCUT2D eigenvalue weighted by molar-refractivity contribution is 7.89. The molecule has 0 radical (unpaired) electrons. The highest BCUT2D eigenvalue weighted by atomic mass is 32.2. The number of aryl methyl sites for hydroxylation is 1. The summed E-state index contributed by atoms with van der Waals surface area (Å²) in [5.41, 5.74) is 1.95. The van der Waals surface area contributed by atoms with Gasteiger partial charge in [-0.25, -0.2) is 12.8 Å². The standard InChI is InChI=1S/C20H18FNO2S/c1-15-14-18(12-13-19(15)21)25(23,24)22-20(16-8-4-2-5-9-16)17-10-6-3-7-11-17/h2-14,20,22H,1H3. The van der Waals surface area contributed by atoms with Crippen molar-refractivity contribution < 1.29 is 12.8 Å². The summed E-state index contributed by atoms with van der Waals surface area (Å²) in [6, 6.07) is 21.9. The summed E-state index contributed by atoms with van der Waals surface area (Å²) in [4.78, 5) is 0.0447. The number of sulfonamides is 1. The van der Waals surface area contributed by atoms with Crippen LogP contribution in [-0.2, 0) is 10.0 Å². The van der Waals surface area contributed by atoms with Crippen molar-refractivity contribution in [3.8, 4) is 0 Å². The van der Waals surface area contributed by atoms with E-state index in [0.717, 1.165) is 11.1 Å². The summed E-state index contributed by atoms with van der Waals surface area (Å²) >= 11 is 0. The second kappa shape index (κ2) is 7.17. The third-order valence-electron chi connectivity index (χ3n) is 3.98. The van der Waals surface area contributed by atoms with E-state index in [0.29, 0.717) is 5.56 Å². The lowest BCUT2D eigenvalue weighted by molar-refractivity contribution is 0.571. The third kappa shape index (κ3) is 3.95. The largest absolute Gasteiger partial charge is 0.241 e. The number of benzene rings is 3. The molecule has 3 aromatic rings. The van der Waals surface area contributed by atoms with Gasteiger partial charge in [0.15, 0.2) is 0 Å². The van der Waals surface area contributed by atoms with Gasteiger partial charge in [0.1, 0.15) is 5.82 Å². The van der Waals surface area contributed by atoms with Crippen LogP contribution in [0.2, 0.25) is 0 Å². The first-order valence-electron chi connectivity index (χ1n) is 7.86. The molecule has 3 aromatic carbocycles. The van der Waals surface area contributed by atoms with Gasteiger partial charge in [-0.15, -0.1) is 0 Å². The predicted molar refractivity (Wildman–Crippen MR) is 96.2 cm³/mol. The quantitative estimate of drug-likeness (QED) is 0.745. The molecule has 3 rings (SSSR count). The number of nitrogens with one attached hydrogen (secondary N) is 1. The van der Waals surface area contributed by atoms with E-state index >= 15 is 0 Å². The lowest BCUT2D eigenvalue weighted by Crippen LogP contribution is -2.29. The molecule has 0 aliphatic rings. The molecule has 0 saturated heterocycles. The van der Waals surface area contributed by atoms with Gasteiger partial charge in [0.25, 0.3) is 0 Å². The van der Waals surface area contributed by atoms with Gasteiger partial charge in [0, 0.05) is 0 Å². The summed E-state index contributed by atoms with van der Waals surface area (Å²) < 4.78 is 41.8. The Morgan fingerprint density at radius 1 is 0.840 bits per heavy atom. The monoisotopic (exact) mass is 355 g/mol. The van der Waals surface area contributed by atoms with E-state index in [1.165, 1.54) is 18.2 Å². The Labute approximate surface area is 147 Å². The normalized spacial score (nSPS) is 11.6. The lowest BCUT2D eigenvalue weighted by atomic mass is 10.00. The van der Waals surface area contributed by atoms with Gasteiger partial charge >= 0.3 is 0 Å². The van der Waals surface area contributed by atoms with Gasteiger partial charge in [-0.1, -0.05) is 60.7 Å². The zero-order valence-electron chi connectivity index (χ0n) is 13.7. The summed E-state index contributed by atoms with van der Waals surface area (Å²) in [7, 11) is -3.81. The fourth-order valence-corrected chi connectivity index (χ4v) is 3.92. The zero-order chi connectivity index (χ0) is 17.9. The predicted octanol–water partition coefficient (Wildman–Crippen LogP) is 4.20. The Hall–Kier alpha value is -2.50. The minimum Gasteiger partial charge on any atom is -0.207 e. The first-order valence-corrected chi connectivity index (χ1v) is 9.34. The van der Waals surface area contributed by atoms with Crippen LogP contribution in [-0.4, -0.2) is 8.42 Å². The smallest absolute Gasteiger partial charge is 0.207 e. The second-order valence-corrected chi connectivity index (χ2v) is 7.50. The molecule has 0 bridgehead atoms. The maximum Gasteiger partial charge on any atom is 0.241 e. The summed E-state index contributed by atoms with van der Waals surface area (Å²) in [5.74, 6) is -0.429. The van der Waals surface area contributed by atoms with Crippen molar-refractivity contribution in [1.82, 2.24) is 4.72 Å². The highest BCUT2D eigenvalue weighted by Crippen LogP contribution is 2.25. The van der Waals surface area contributed by atoms with Gasteiger partial charge in [-0.3, -0.25) is 0 Å². The Bertz CT molecular complexity index is 918. The Morgan fingerprint density at radius 2 is 1.36 bits per heavy atom. The molecule has 0 aromatic heterocycles. The van der Waals surface area contributed by atoms with Crippen LogP contribution < -0.4 is 4.72 Å². The summed E-state index contributed by atoms with van der Waals surface area (Å²) in [6.07, 6.45) is 0. The van der Waals surface area contributed by atoms with Crippen molar-refractivity contribution in [3.05, 3.63) is 101 Å². The molecule has 0 aliphatic heterocycles. The van der Waals surface area contributed by atoms with Crippen molar-refractivity contribution in [1.29, 1.82) is 0 Å². The van der Waals surface area contributed by atoms with Crippen molar-refractivity contribution in [2.75, 3.05) is 0 Å². The molecule has 0 fully saturated rings. The van der Waals surface area contributed by atoms with E-state index in [-0.39, 0.29) is 4.90 Å². The minimum absolute atomic E-state index is 0.0447. The molecule has 1 N–H and O–H groups in total. The third-order valence-corrected chi connectivity index (χ3v) is 5.40. The molecular weight excluding hydrogens is 337 g/mol. The first kappa shape index (κ1) is 17.3. The Balaban J connectivity index is 2.01. The van der Waals surface area contributed by atoms with Crippen molar-refractivity contribution in [2.24, 2.45) is 0 Å². The Morgan fingerprint density at radius 3 is 1.84 bits per heavy atom. The van der Waals surface area contributed by atoms with E-state index in [1.807, 2.05) is 60.7 Å². The van der Waals surface area contributed by atoms with Crippen LogP contribution in [0.15, 0.2) is 83.8 Å². The topological polar surface area (TPSA) is 46.2 Å². The first-order chi connectivity index (χ1) is 12.0. The minimum atomic E-state index is -3.81. The number of hydrogen-bond donors (Lipinski definition) is 1. The number of hydrogen-bond acceptors (Lipinski definition) is 2. The molecule has 0 aliphatic carbocycles. The molecule has 0 amide bonds. The molecule has 128 valence electrons. The van der Waals surface area contributed by atoms with Gasteiger partial charge in [0.2, 0.25) is 10.0 Å². The van der Waals surface area contributed by atoms with Crippen LogP contribution in [0.5, 0.6) is 0 Å². The Kier molecular flexibility index (Phi) is 4.97. The molecule has 3 nitrogen and oxygen atoms in total. The fraction of sp³-hybridized carbons (Fsp3) is 0.100. The van der Waals surface area contributed by atoms with Crippen LogP contribution in [0.4, 0.5) is 4.39 Å². The molecule has 0 atom stereocenters. The van der Waals surface area contributed by atoms with E-state index < -0.39 is 21.9 Å². The van der Waals surface area contributed by atoms with Crippen molar-refractivity contribution >= 4 is 10.0 Å².